The molecule has 8 heteroatoms. The molecule has 1 aromatic carbocycles. The van der Waals surface area contributed by atoms with Gasteiger partial charge in [0.25, 0.3) is 0 Å². The summed E-state index contributed by atoms with van der Waals surface area (Å²) in [5, 5.41) is 9.05. The number of phenolic OH excluding ortho intramolecular Hbond substituents is 1. The van der Waals surface area contributed by atoms with E-state index < -0.39 is 41.8 Å². The summed E-state index contributed by atoms with van der Waals surface area (Å²) < 4.78 is 61.9. The molecule has 4 nitrogen and oxygen atoms in total. The lowest BCUT2D eigenvalue weighted by molar-refractivity contribution is -0.206. The molecule has 24 heavy (non-hydrogen) atoms. The Labute approximate surface area is 137 Å². The molecule has 1 atom stereocenters. The van der Waals surface area contributed by atoms with Gasteiger partial charge in [0.1, 0.15) is 11.6 Å². The summed E-state index contributed by atoms with van der Waals surface area (Å²) in [5.74, 6) is -2.99. The van der Waals surface area contributed by atoms with Gasteiger partial charge in [-0.3, -0.25) is 0 Å². The molecule has 1 aromatic rings. The van der Waals surface area contributed by atoms with E-state index in [1.807, 2.05) is 6.92 Å². The van der Waals surface area contributed by atoms with Crippen LogP contribution in [0.3, 0.4) is 0 Å². The maximum Gasteiger partial charge on any atom is 0.425 e. The third kappa shape index (κ3) is 6.74. The van der Waals surface area contributed by atoms with Crippen molar-refractivity contribution in [2.45, 2.75) is 44.9 Å². The van der Waals surface area contributed by atoms with Crippen LogP contribution in [0.5, 0.6) is 5.75 Å². The molecule has 0 bridgehead atoms. The topological polar surface area (TPSA) is 55.8 Å². The number of hydrogen-bond donors (Lipinski definition) is 1. The molecule has 0 radical (unpaired) electrons. The second-order valence-corrected chi connectivity index (χ2v) is 5.15. The molecule has 0 unspecified atom stereocenters. The van der Waals surface area contributed by atoms with E-state index in [1.165, 1.54) is 0 Å². The molecule has 1 rings (SSSR count). The van der Waals surface area contributed by atoms with Crippen molar-refractivity contribution >= 4 is 5.97 Å². The monoisotopic (exact) mass is 352 g/mol. The number of esters is 1. The van der Waals surface area contributed by atoms with Gasteiger partial charge in [-0.2, -0.15) is 13.2 Å². The quantitative estimate of drug-likeness (QED) is 0.411. The second kappa shape index (κ2) is 9.46. The molecular formula is C16H20F4O4. The fraction of sp³-hybridized carbons (Fsp3) is 0.562. The summed E-state index contributed by atoms with van der Waals surface area (Å²) >= 11 is 0. The first-order chi connectivity index (χ1) is 11.3. The number of phenols is 1. The lowest BCUT2D eigenvalue weighted by Crippen LogP contribution is -2.34. The van der Waals surface area contributed by atoms with Crippen molar-refractivity contribution in [3.8, 4) is 5.75 Å². The maximum absolute atomic E-state index is 13.5. The van der Waals surface area contributed by atoms with Crippen molar-refractivity contribution in [2.24, 2.45) is 0 Å². The molecule has 0 aliphatic carbocycles. The first-order valence-corrected chi connectivity index (χ1v) is 7.59. The third-order valence-corrected chi connectivity index (χ3v) is 3.25. The van der Waals surface area contributed by atoms with Crippen LogP contribution in [-0.4, -0.2) is 36.6 Å². The highest BCUT2D eigenvalue weighted by Crippen LogP contribution is 2.28. The van der Waals surface area contributed by atoms with E-state index in [4.69, 9.17) is 9.84 Å². The summed E-state index contributed by atoms with van der Waals surface area (Å²) in [6, 6.07) is 2.51. The van der Waals surface area contributed by atoms with Crippen molar-refractivity contribution < 1.29 is 36.9 Å². The van der Waals surface area contributed by atoms with Gasteiger partial charge >= 0.3 is 12.1 Å². The number of ether oxygens (including phenoxy) is 2. The number of halogens is 4. The predicted molar refractivity (Wildman–Crippen MR) is 78.3 cm³/mol. The van der Waals surface area contributed by atoms with Crippen molar-refractivity contribution in [2.75, 3.05) is 13.2 Å². The SMILES string of the molecule is CCOCCCCC[C@@H](OC(=O)c1ccc(O)cc1F)C(F)(F)F. The highest BCUT2D eigenvalue weighted by Gasteiger charge is 2.42. The highest BCUT2D eigenvalue weighted by molar-refractivity contribution is 5.90. The van der Waals surface area contributed by atoms with Gasteiger partial charge in [0.05, 0.1) is 5.56 Å². The number of rotatable bonds is 9. The van der Waals surface area contributed by atoms with Gasteiger partial charge < -0.3 is 14.6 Å². The molecule has 0 aromatic heterocycles. The van der Waals surface area contributed by atoms with Crippen LogP contribution in [0.1, 0.15) is 43.0 Å². The molecule has 0 fully saturated rings. The number of alkyl halides is 3. The molecule has 0 aliphatic rings. The summed E-state index contributed by atoms with van der Waals surface area (Å²) in [5.41, 5.74) is -0.654. The van der Waals surface area contributed by atoms with Crippen molar-refractivity contribution in [3.05, 3.63) is 29.6 Å². The van der Waals surface area contributed by atoms with E-state index in [-0.39, 0.29) is 6.42 Å². The number of unbranched alkanes of at least 4 members (excludes halogenated alkanes) is 2. The zero-order chi connectivity index (χ0) is 18.2. The minimum atomic E-state index is -4.73. The van der Waals surface area contributed by atoms with E-state index >= 15 is 0 Å². The summed E-state index contributed by atoms with van der Waals surface area (Å²) in [6.07, 6.45) is -6.13. The Kier molecular flexibility index (Phi) is 7.97. The van der Waals surface area contributed by atoms with Crippen LogP contribution >= 0.6 is 0 Å². The Morgan fingerprint density at radius 1 is 1.25 bits per heavy atom. The van der Waals surface area contributed by atoms with Gasteiger partial charge in [0, 0.05) is 19.3 Å². The summed E-state index contributed by atoms with van der Waals surface area (Å²) in [4.78, 5) is 11.7. The molecule has 0 saturated heterocycles. The van der Waals surface area contributed by atoms with E-state index in [2.05, 4.69) is 4.74 Å². The van der Waals surface area contributed by atoms with Crippen molar-refractivity contribution in [3.63, 3.8) is 0 Å². The highest BCUT2D eigenvalue weighted by atomic mass is 19.4. The first kappa shape index (κ1) is 20.2. The zero-order valence-corrected chi connectivity index (χ0v) is 13.2. The van der Waals surface area contributed by atoms with Gasteiger partial charge in [-0.15, -0.1) is 0 Å². The Morgan fingerprint density at radius 3 is 2.54 bits per heavy atom. The average Bonchev–Trinajstić information content (AvgIpc) is 2.48. The Bertz CT molecular complexity index is 531. The third-order valence-electron chi connectivity index (χ3n) is 3.25. The van der Waals surface area contributed by atoms with Crippen LogP contribution in [-0.2, 0) is 9.47 Å². The normalized spacial score (nSPS) is 12.9. The Morgan fingerprint density at radius 2 is 1.96 bits per heavy atom. The van der Waals surface area contributed by atoms with E-state index in [0.29, 0.717) is 32.1 Å². The standard InChI is InChI=1S/C16H20F4O4/c1-2-23-9-5-3-4-6-14(16(18,19)20)24-15(22)12-8-7-11(21)10-13(12)17/h7-8,10,14,21H,2-6,9H2,1H3/t14-/m1/s1. The van der Waals surface area contributed by atoms with Gasteiger partial charge in [0.15, 0.2) is 6.10 Å². The number of aromatic hydroxyl groups is 1. The number of hydrogen-bond acceptors (Lipinski definition) is 4. The first-order valence-electron chi connectivity index (χ1n) is 7.59. The fourth-order valence-electron chi connectivity index (χ4n) is 2.01. The summed E-state index contributed by atoms with van der Waals surface area (Å²) in [6.45, 7) is 2.83. The predicted octanol–water partition coefficient (Wildman–Crippen LogP) is 4.22. The second-order valence-electron chi connectivity index (χ2n) is 5.15. The molecule has 0 heterocycles. The molecule has 1 N–H and O–H groups in total. The molecular weight excluding hydrogens is 332 g/mol. The Balaban J connectivity index is 2.61. The molecule has 0 amide bonds. The number of carbonyl (C=O) groups excluding carboxylic acids is 1. The smallest absolute Gasteiger partial charge is 0.425 e. The molecule has 0 spiro atoms. The van der Waals surface area contributed by atoms with Crippen LogP contribution in [0.4, 0.5) is 17.6 Å². The molecule has 136 valence electrons. The fourth-order valence-corrected chi connectivity index (χ4v) is 2.01. The van der Waals surface area contributed by atoms with Gasteiger partial charge in [-0.05, 0) is 38.3 Å². The minimum absolute atomic E-state index is 0.197. The van der Waals surface area contributed by atoms with E-state index in [0.717, 1.165) is 12.1 Å². The average molecular weight is 352 g/mol. The van der Waals surface area contributed by atoms with Crippen molar-refractivity contribution in [1.82, 2.24) is 0 Å². The largest absolute Gasteiger partial charge is 0.508 e. The van der Waals surface area contributed by atoms with Crippen LogP contribution in [0.2, 0.25) is 0 Å². The molecule has 0 saturated carbocycles. The van der Waals surface area contributed by atoms with Crippen LogP contribution in [0.15, 0.2) is 18.2 Å². The van der Waals surface area contributed by atoms with Gasteiger partial charge in [0.2, 0.25) is 0 Å². The number of carbonyl (C=O) groups is 1. The lowest BCUT2D eigenvalue weighted by atomic mass is 10.1. The summed E-state index contributed by atoms with van der Waals surface area (Å²) in [7, 11) is 0. The van der Waals surface area contributed by atoms with Crippen LogP contribution in [0, 0.1) is 5.82 Å². The van der Waals surface area contributed by atoms with E-state index in [9.17, 15) is 22.4 Å². The zero-order valence-electron chi connectivity index (χ0n) is 13.2. The van der Waals surface area contributed by atoms with E-state index in [1.54, 1.807) is 0 Å². The minimum Gasteiger partial charge on any atom is -0.508 e. The number of benzene rings is 1. The Hall–Kier alpha value is -1.83. The van der Waals surface area contributed by atoms with Gasteiger partial charge in [-0.1, -0.05) is 6.42 Å². The van der Waals surface area contributed by atoms with Crippen LogP contribution in [0.25, 0.3) is 0 Å². The van der Waals surface area contributed by atoms with Gasteiger partial charge in [-0.25, -0.2) is 9.18 Å². The molecule has 0 aliphatic heterocycles. The maximum atomic E-state index is 13.5. The lowest BCUT2D eigenvalue weighted by Gasteiger charge is -2.20. The van der Waals surface area contributed by atoms with Crippen molar-refractivity contribution in [1.29, 1.82) is 0 Å². The van der Waals surface area contributed by atoms with Crippen LogP contribution < -0.4 is 0 Å².